The number of hydrogen-bond donors (Lipinski definition) is 2. The SMILES string of the molecule is Nc1cc(-c2nc(C3Cc4ccccc43)no2)ccc1O. The number of fused-ring (bicyclic) bond motifs is 1. The van der Waals surface area contributed by atoms with Crippen LogP contribution in [-0.4, -0.2) is 15.2 Å². The van der Waals surface area contributed by atoms with Crippen LogP contribution in [0.4, 0.5) is 5.69 Å². The van der Waals surface area contributed by atoms with Crippen LogP contribution < -0.4 is 5.73 Å². The number of phenolic OH excluding ortho intramolecular Hbond substituents is 1. The smallest absolute Gasteiger partial charge is 0.258 e. The third-order valence-corrected chi connectivity index (χ3v) is 3.88. The highest BCUT2D eigenvalue weighted by atomic mass is 16.5. The molecule has 3 aromatic rings. The normalized spacial score (nSPS) is 16.3. The largest absolute Gasteiger partial charge is 0.506 e. The van der Waals surface area contributed by atoms with Gasteiger partial charge in [-0.15, -0.1) is 0 Å². The lowest BCUT2D eigenvalue weighted by molar-refractivity contribution is 0.416. The van der Waals surface area contributed by atoms with Crippen LogP contribution in [0.5, 0.6) is 5.75 Å². The molecule has 0 bridgehead atoms. The van der Waals surface area contributed by atoms with Gasteiger partial charge in [-0.05, 0) is 35.7 Å². The first-order chi connectivity index (χ1) is 10.2. The number of nitrogen functional groups attached to an aromatic ring is 1. The molecule has 1 unspecified atom stereocenters. The van der Waals surface area contributed by atoms with Gasteiger partial charge in [0.1, 0.15) is 5.75 Å². The minimum Gasteiger partial charge on any atom is -0.506 e. The zero-order valence-corrected chi connectivity index (χ0v) is 11.2. The van der Waals surface area contributed by atoms with Crippen LogP contribution in [0, 0.1) is 0 Å². The number of aromatic hydroxyl groups is 1. The van der Waals surface area contributed by atoms with Crippen LogP contribution in [0.15, 0.2) is 47.0 Å². The standard InChI is InChI=1S/C16H13N3O2/c17-13-8-10(5-6-14(13)20)16-18-15(19-21-16)12-7-9-3-1-2-4-11(9)12/h1-6,8,12,20H,7,17H2. The van der Waals surface area contributed by atoms with E-state index in [1.807, 2.05) is 12.1 Å². The molecule has 2 aromatic carbocycles. The number of nitrogens with zero attached hydrogens (tertiary/aromatic N) is 2. The van der Waals surface area contributed by atoms with Crippen molar-refractivity contribution in [2.75, 3.05) is 5.73 Å². The summed E-state index contributed by atoms with van der Waals surface area (Å²) in [4.78, 5) is 4.46. The van der Waals surface area contributed by atoms with E-state index >= 15 is 0 Å². The highest BCUT2D eigenvalue weighted by Crippen LogP contribution is 2.39. The summed E-state index contributed by atoms with van der Waals surface area (Å²) < 4.78 is 5.32. The summed E-state index contributed by atoms with van der Waals surface area (Å²) in [5.74, 6) is 1.36. The molecule has 1 aliphatic carbocycles. The van der Waals surface area contributed by atoms with Crippen LogP contribution in [-0.2, 0) is 6.42 Å². The summed E-state index contributed by atoms with van der Waals surface area (Å²) in [7, 11) is 0. The minimum atomic E-state index is 0.0476. The van der Waals surface area contributed by atoms with Crippen LogP contribution in [0.1, 0.15) is 22.9 Å². The lowest BCUT2D eigenvalue weighted by atomic mass is 9.77. The molecule has 21 heavy (non-hydrogen) atoms. The molecule has 0 aliphatic heterocycles. The van der Waals surface area contributed by atoms with Gasteiger partial charge >= 0.3 is 0 Å². The van der Waals surface area contributed by atoms with E-state index in [1.54, 1.807) is 12.1 Å². The van der Waals surface area contributed by atoms with Crippen molar-refractivity contribution in [3.05, 3.63) is 59.4 Å². The molecule has 0 spiro atoms. The van der Waals surface area contributed by atoms with E-state index in [2.05, 4.69) is 22.3 Å². The number of phenols is 1. The second-order valence-corrected chi connectivity index (χ2v) is 5.19. The lowest BCUT2D eigenvalue weighted by Gasteiger charge is -2.27. The average molecular weight is 279 g/mol. The van der Waals surface area contributed by atoms with Crippen LogP contribution in [0.3, 0.4) is 0 Å². The van der Waals surface area contributed by atoms with E-state index in [9.17, 15) is 5.11 Å². The zero-order valence-electron chi connectivity index (χ0n) is 11.2. The van der Waals surface area contributed by atoms with Crippen molar-refractivity contribution in [3.8, 4) is 17.2 Å². The van der Waals surface area contributed by atoms with Gasteiger partial charge in [0.05, 0.1) is 11.6 Å². The maximum atomic E-state index is 9.45. The summed E-state index contributed by atoms with van der Waals surface area (Å²) in [6, 6.07) is 13.1. The van der Waals surface area contributed by atoms with E-state index in [1.165, 1.54) is 17.2 Å². The van der Waals surface area contributed by atoms with E-state index in [0.717, 1.165) is 6.42 Å². The zero-order chi connectivity index (χ0) is 14.4. The second-order valence-electron chi connectivity index (χ2n) is 5.19. The summed E-state index contributed by atoms with van der Waals surface area (Å²) >= 11 is 0. The van der Waals surface area contributed by atoms with Crippen molar-refractivity contribution >= 4 is 5.69 Å². The van der Waals surface area contributed by atoms with Gasteiger partial charge in [-0.3, -0.25) is 0 Å². The fourth-order valence-electron chi connectivity index (χ4n) is 2.67. The molecule has 5 nitrogen and oxygen atoms in total. The van der Waals surface area contributed by atoms with Crippen LogP contribution in [0.2, 0.25) is 0 Å². The Morgan fingerprint density at radius 3 is 2.86 bits per heavy atom. The van der Waals surface area contributed by atoms with E-state index < -0.39 is 0 Å². The first-order valence-corrected chi connectivity index (χ1v) is 6.72. The van der Waals surface area contributed by atoms with Crippen molar-refractivity contribution in [1.82, 2.24) is 10.1 Å². The van der Waals surface area contributed by atoms with E-state index in [-0.39, 0.29) is 11.7 Å². The Morgan fingerprint density at radius 1 is 1.19 bits per heavy atom. The summed E-state index contributed by atoms with van der Waals surface area (Å²) in [6.45, 7) is 0. The number of rotatable bonds is 2. The van der Waals surface area contributed by atoms with E-state index in [4.69, 9.17) is 10.3 Å². The molecule has 1 aliphatic rings. The molecule has 104 valence electrons. The minimum absolute atomic E-state index is 0.0476. The molecule has 1 atom stereocenters. The fourth-order valence-corrected chi connectivity index (χ4v) is 2.67. The molecular weight excluding hydrogens is 266 g/mol. The second kappa shape index (κ2) is 4.34. The van der Waals surface area contributed by atoms with Crippen molar-refractivity contribution < 1.29 is 9.63 Å². The lowest BCUT2D eigenvalue weighted by Crippen LogP contribution is -2.19. The Morgan fingerprint density at radius 2 is 2.05 bits per heavy atom. The molecule has 0 fully saturated rings. The van der Waals surface area contributed by atoms with Gasteiger partial charge in [0.15, 0.2) is 5.82 Å². The van der Waals surface area contributed by atoms with Crippen molar-refractivity contribution in [2.24, 2.45) is 0 Å². The highest BCUT2D eigenvalue weighted by Gasteiger charge is 2.31. The molecule has 0 amide bonds. The van der Waals surface area contributed by atoms with Gasteiger partial charge in [0.2, 0.25) is 0 Å². The van der Waals surface area contributed by atoms with Crippen LogP contribution in [0.25, 0.3) is 11.5 Å². The number of benzene rings is 2. The molecule has 1 heterocycles. The fraction of sp³-hybridized carbons (Fsp3) is 0.125. The summed E-state index contributed by atoms with van der Waals surface area (Å²) in [5, 5.41) is 13.5. The quantitative estimate of drug-likeness (QED) is 0.556. The van der Waals surface area contributed by atoms with Gasteiger partial charge < -0.3 is 15.4 Å². The molecule has 0 saturated heterocycles. The Labute approximate surface area is 121 Å². The Kier molecular flexibility index (Phi) is 2.47. The van der Waals surface area contributed by atoms with Crippen LogP contribution >= 0.6 is 0 Å². The van der Waals surface area contributed by atoms with Gasteiger partial charge in [0.25, 0.3) is 5.89 Å². The maximum Gasteiger partial charge on any atom is 0.258 e. The Bertz CT molecular complexity index is 826. The summed E-state index contributed by atoms with van der Waals surface area (Å²) in [5.41, 5.74) is 9.28. The molecule has 4 rings (SSSR count). The molecular formula is C16H13N3O2. The monoisotopic (exact) mass is 279 g/mol. The molecule has 0 saturated carbocycles. The van der Waals surface area contributed by atoms with Crippen molar-refractivity contribution in [3.63, 3.8) is 0 Å². The van der Waals surface area contributed by atoms with Crippen molar-refractivity contribution in [1.29, 1.82) is 0 Å². The Balaban J connectivity index is 1.66. The maximum absolute atomic E-state index is 9.45. The third-order valence-electron chi connectivity index (χ3n) is 3.88. The number of hydrogen-bond acceptors (Lipinski definition) is 5. The van der Waals surface area contributed by atoms with Gasteiger partial charge in [-0.2, -0.15) is 4.98 Å². The summed E-state index contributed by atoms with van der Waals surface area (Å²) in [6.07, 6.45) is 0.937. The van der Waals surface area contributed by atoms with Gasteiger partial charge in [-0.1, -0.05) is 29.4 Å². The van der Waals surface area contributed by atoms with Gasteiger partial charge in [-0.25, -0.2) is 0 Å². The number of aromatic nitrogens is 2. The molecule has 1 aromatic heterocycles. The molecule has 5 heteroatoms. The average Bonchev–Trinajstić information content (AvgIpc) is 2.93. The van der Waals surface area contributed by atoms with Crippen molar-refractivity contribution in [2.45, 2.75) is 12.3 Å². The number of nitrogens with two attached hydrogens (primary N) is 1. The molecule has 3 N–H and O–H groups in total. The van der Waals surface area contributed by atoms with Gasteiger partial charge in [0, 0.05) is 5.56 Å². The third kappa shape index (κ3) is 1.86. The predicted octanol–water partition coefficient (Wildman–Crippen LogP) is 2.71. The number of anilines is 1. The van der Waals surface area contributed by atoms with E-state index in [0.29, 0.717) is 23.0 Å². The molecule has 0 radical (unpaired) electrons. The Hall–Kier alpha value is -2.82. The topological polar surface area (TPSA) is 85.2 Å². The highest BCUT2D eigenvalue weighted by molar-refractivity contribution is 5.65. The first kappa shape index (κ1) is 12.0. The first-order valence-electron chi connectivity index (χ1n) is 6.72. The predicted molar refractivity (Wildman–Crippen MR) is 77.8 cm³/mol.